The number of amides is 1. The van der Waals surface area contributed by atoms with E-state index in [-0.39, 0.29) is 23.8 Å². The maximum absolute atomic E-state index is 13.1. The van der Waals surface area contributed by atoms with Gasteiger partial charge in [-0.15, -0.1) is 0 Å². The number of halogens is 5. The van der Waals surface area contributed by atoms with Gasteiger partial charge in [-0.3, -0.25) is 14.7 Å². The Bertz CT molecular complexity index is 1220. The van der Waals surface area contributed by atoms with Crippen molar-refractivity contribution in [1.29, 1.82) is 0 Å². The van der Waals surface area contributed by atoms with Gasteiger partial charge in [0.25, 0.3) is 0 Å². The van der Waals surface area contributed by atoms with Gasteiger partial charge in [0.2, 0.25) is 5.91 Å². The van der Waals surface area contributed by atoms with Crippen LogP contribution in [0.1, 0.15) is 54.1 Å². The predicted molar refractivity (Wildman–Crippen MR) is 133 cm³/mol. The van der Waals surface area contributed by atoms with E-state index in [2.05, 4.69) is 9.88 Å². The van der Waals surface area contributed by atoms with Crippen molar-refractivity contribution in [3.05, 3.63) is 99.3 Å². The van der Waals surface area contributed by atoms with E-state index in [0.717, 1.165) is 36.2 Å². The number of aromatic nitrogens is 1. The topological polar surface area (TPSA) is 59.2 Å². The third kappa shape index (κ3) is 4.27. The highest BCUT2D eigenvalue weighted by Crippen LogP contribution is 2.52. The summed E-state index contributed by atoms with van der Waals surface area (Å²) in [5, 5.41) is 1.22. The number of carbonyl (C=O) groups is 1. The lowest BCUT2D eigenvalue weighted by Gasteiger charge is -2.48. The van der Waals surface area contributed by atoms with Gasteiger partial charge in [-0.1, -0.05) is 59.6 Å². The van der Waals surface area contributed by atoms with Crippen molar-refractivity contribution in [2.24, 2.45) is 5.73 Å². The second-order valence-corrected chi connectivity index (χ2v) is 10.4. The maximum atomic E-state index is 13.1. The van der Waals surface area contributed by atoms with Crippen LogP contribution in [0.3, 0.4) is 0 Å². The molecule has 1 unspecified atom stereocenters. The highest BCUT2D eigenvalue weighted by molar-refractivity contribution is 6.32. The van der Waals surface area contributed by atoms with E-state index in [1.807, 2.05) is 48.5 Å². The maximum Gasteiger partial charge on any atom is 0.417 e. The van der Waals surface area contributed by atoms with Crippen LogP contribution in [-0.4, -0.2) is 27.9 Å². The third-order valence-electron chi connectivity index (χ3n) is 7.60. The van der Waals surface area contributed by atoms with Crippen LogP contribution in [0.5, 0.6) is 0 Å². The van der Waals surface area contributed by atoms with Gasteiger partial charge in [0.15, 0.2) is 0 Å². The second-order valence-electron chi connectivity index (χ2n) is 9.56. The van der Waals surface area contributed by atoms with Crippen LogP contribution >= 0.6 is 23.2 Å². The Kier molecular flexibility index (Phi) is 6.52. The molecule has 3 aromatic rings. The minimum atomic E-state index is -4.51. The molecule has 5 rings (SSSR count). The predicted octanol–water partition coefficient (Wildman–Crippen LogP) is 6.55. The average molecular weight is 534 g/mol. The Balaban J connectivity index is 1.56. The third-order valence-corrected chi connectivity index (χ3v) is 8.28. The standard InChI is InChI=1S/C27H24Cl2F3N3O/c28-21-7-3-1-5-19(21)24(20-6-2-4-8-22(20)29)35-17-10-11-18(35)14-26(13-17,25(33)36)23-12-9-16(15-34-23)27(30,31)32/h1-9,12,15,17-18,24H,10-11,13-14H2,(H2,33,36)/t17-,18+,26?. The Morgan fingerprint density at radius 2 is 1.47 bits per heavy atom. The van der Waals surface area contributed by atoms with E-state index in [4.69, 9.17) is 28.9 Å². The zero-order valence-electron chi connectivity index (χ0n) is 19.2. The highest BCUT2D eigenvalue weighted by atomic mass is 35.5. The zero-order chi connectivity index (χ0) is 25.7. The fourth-order valence-electron chi connectivity index (χ4n) is 5.97. The molecule has 0 spiro atoms. The molecular weight excluding hydrogens is 510 g/mol. The van der Waals surface area contributed by atoms with E-state index in [1.54, 1.807) is 0 Å². The molecule has 2 saturated heterocycles. The van der Waals surface area contributed by atoms with Crippen LogP contribution < -0.4 is 5.73 Å². The summed E-state index contributed by atoms with van der Waals surface area (Å²) >= 11 is 13.3. The number of nitrogens with two attached hydrogens (primary N) is 1. The number of pyridine rings is 1. The van der Waals surface area contributed by atoms with Gasteiger partial charge in [-0.25, -0.2) is 0 Å². The molecule has 36 heavy (non-hydrogen) atoms. The summed E-state index contributed by atoms with van der Waals surface area (Å²) in [6.07, 6.45) is -1.40. The van der Waals surface area contributed by atoms with Gasteiger partial charge in [0.05, 0.1) is 22.7 Å². The monoisotopic (exact) mass is 533 g/mol. The molecule has 0 radical (unpaired) electrons. The normalized spacial score (nSPS) is 24.3. The molecular formula is C27H24Cl2F3N3O. The molecule has 3 atom stereocenters. The minimum absolute atomic E-state index is 0.0714. The summed E-state index contributed by atoms with van der Waals surface area (Å²) in [6.45, 7) is 0. The summed E-state index contributed by atoms with van der Waals surface area (Å²) in [7, 11) is 0. The number of nitrogens with zero attached hydrogens (tertiary/aromatic N) is 2. The summed E-state index contributed by atoms with van der Waals surface area (Å²) in [5.41, 5.74) is 6.02. The fourth-order valence-corrected chi connectivity index (χ4v) is 6.45. The van der Waals surface area contributed by atoms with E-state index < -0.39 is 23.1 Å². The smallest absolute Gasteiger partial charge is 0.369 e. The largest absolute Gasteiger partial charge is 0.417 e. The zero-order valence-corrected chi connectivity index (χ0v) is 20.7. The van der Waals surface area contributed by atoms with Crippen LogP contribution in [-0.2, 0) is 16.4 Å². The SMILES string of the molecule is NC(=O)C1(c2ccc(C(F)(F)F)cn2)C[C@H]2CC[C@@H](C1)N2C(c1ccccc1Cl)c1ccccc1Cl. The van der Waals surface area contributed by atoms with Crippen molar-refractivity contribution in [2.45, 2.75) is 55.4 Å². The molecule has 9 heteroatoms. The molecule has 2 N–H and O–H groups in total. The molecule has 2 fully saturated rings. The van der Waals surface area contributed by atoms with Crippen molar-refractivity contribution in [2.75, 3.05) is 0 Å². The number of piperidine rings is 1. The molecule has 2 aliphatic heterocycles. The molecule has 3 heterocycles. The second kappa shape index (κ2) is 9.36. The van der Waals surface area contributed by atoms with Crippen molar-refractivity contribution >= 4 is 29.1 Å². The molecule has 4 nitrogen and oxygen atoms in total. The van der Waals surface area contributed by atoms with Crippen molar-refractivity contribution in [1.82, 2.24) is 9.88 Å². The summed E-state index contributed by atoms with van der Waals surface area (Å²) in [5.74, 6) is -0.571. The van der Waals surface area contributed by atoms with Crippen LogP contribution in [0.25, 0.3) is 0 Å². The molecule has 0 aliphatic carbocycles. The molecule has 0 saturated carbocycles. The Labute approximate surface area is 217 Å². The quantitative estimate of drug-likeness (QED) is 0.404. The van der Waals surface area contributed by atoms with E-state index in [1.165, 1.54) is 6.07 Å². The number of rotatable bonds is 5. The van der Waals surface area contributed by atoms with Crippen molar-refractivity contribution in [3.8, 4) is 0 Å². The number of fused-ring (bicyclic) bond motifs is 2. The minimum Gasteiger partial charge on any atom is -0.369 e. The molecule has 2 aliphatic rings. The number of hydrogen-bond acceptors (Lipinski definition) is 3. The number of benzene rings is 2. The first kappa shape index (κ1) is 25.1. The molecule has 2 bridgehead atoms. The molecule has 188 valence electrons. The lowest BCUT2D eigenvalue weighted by atomic mass is 9.70. The van der Waals surface area contributed by atoms with Gasteiger partial charge in [0, 0.05) is 28.3 Å². The number of carbonyl (C=O) groups excluding carboxylic acids is 1. The van der Waals surface area contributed by atoms with Crippen LogP contribution in [0, 0.1) is 0 Å². The van der Waals surface area contributed by atoms with Crippen LogP contribution in [0.4, 0.5) is 13.2 Å². The molecule has 2 aromatic carbocycles. The van der Waals surface area contributed by atoms with Gasteiger partial charge in [0.1, 0.15) is 0 Å². The van der Waals surface area contributed by atoms with E-state index >= 15 is 0 Å². The van der Waals surface area contributed by atoms with E-state index in [0.29, 0.717) is 22.9 Å². The van der Waals surface area contributed by atoms with Crippen molar-refractivity contribution < 1.29 is 18.0 Å². The Morgan fingerprint density at radius 3 is 1.89 bits per heavy atom. The summed E-state index contributed by atoms with van der Waals surface area (Å²) in [6, 6.07) is 17.1. The van der Waals surface area contributed by atoms with Gasteiger partial charge in [-0.05, 0) is 61.1 Å². The molecule has 1 amide bonds. The van der Waals surface area contributed by atoms with Gasteiger partial charge < -0.3 is 5.73 Å². The van der Waals surface area contributed by atoms with Crippen molar-refractivity contribution in [3.63, 3.8) is 0 Å². The van der Waals surface area contributed by atoms with Gasteiger partial charge in [-0.2, -0.15) is 13.2 Å². The van der Waals surface area contributed by atoms with Crippen LogP contribution in [0.2, 0.25) is 10.0 Å². The lowest BCUT2D eigenvalue weighted by Crippen LogP contribution is -2.56. The van der Waals surface area contributed by atoms with Gasteiger partial charge >= 0.3 is 6.18 Å². The Hall–Kier alpha value is -2.61. The first-order valence-electron chi connectivity index (χ1n) is 11.7. The summed E-state index contributed by atoms with van der Waals surface area (Å²) < 4.78 is 39.4. The number of alkyl halides is 3. The number of primary amides is 1. The summed E-state index contributed by atoms with van der Waals surface area (Å²) in [4.78, 5) is 19.3. The Morgan fingerprint density at radius 1 is 0.944 bits per heavy atom. The van der Waals surface area contributed by atoms with E-state index in [9.17, 15) is 18.0 Å². The number of hydrogen-bond donors (Lipinski definition) is 1. The van der Waals surface area contributed by atoms with Crippen LogP contribution in [0.15, 0.2) is 66.9 Å². The first-order chi connectivity index (χ1) is 17.1. The fraction of sp³-hybridized carbons (Fsp3) is 0.333. The highest BCUT2D eigenvalue weighted by Gasteiger charge is 2.55. The average Bonchev–Trinajstić information content (AvgIpc) is 3.10. The molecule has 1 aromatic heterocycles. The lowest BCUT2D eigenvalue weighted by molar-refractivity contribution is -0.137. The first-order valence-corrected chi connectivity index (χ1v) is 12.5.